The van der Waals surface area contributed by atoms with E-state index in [0.29, 0.717) is 23.3 Å². The number of benzene rings is 2. The summed E-state index contributed by atoms with van der Waals surface area (Å²) in [6.45, 7) is 3.40. The van der Waals surface area contributed by atoms with Gasteiger partial charge < -0.3 is 5.32 Å². The van der Waals surface area contributed by atoms with Crippen LogP contribution in [0.15, 0.2) is 60.9 Å². The van der Waals surface area contributed by atoms with Crippen LogP contribution in [0.3, 0.4) is 0 Å². The first kappa shape index (κ1) is 16.0. The fourth-order valence-electron chi connectivity index (χ4n) is 2.84. The van der Waals surface area contributed by atoms with Crippen molar-refractivity contribution in [2.24, 2.45) is 0 Å². The van der Waals surface area contributed by atoms with Crippen LogP contribution in [0.1, 0.15) is 22.8 Å². The molecule has 1 amide bonds. The maximum atomic E-state index is 12.5. The molecule has 0 saturated carbocycles. The number of rotatable bonds is 5. The lowest BCUT2D eigenvalue weighted by Gasteiger charge is -2.03. The third-order valence-electron chi connectivity index (χ3n) is 4.15. The lowest BCUT2D eigenvalue weighted by molar-refractivity contribution is 0.102. The van der Waals surface area contributed by atoms with Crippen LogP contribution in [-0.4, -0.2) is 30.7 Å². The number of hydrogen-bond acceptors (Lipinski definition) is 4. The topological polar surface area (TPSA) is 77.6 Å². The van der Waals surface area contributed by atoms with Gasteiger partial charge in [-0.05, 0) is 30.7 Å². The van der Waals surface area contributed by atoms with Crippen molar-refractivity contribution in [1.82, 2.24) is 24.8 Å². The third kappa shape index (κ3) is 3.19. The highest BCUT2D eigenvalue weighted by Gasteiger charge is 2.11. The lowest BCUT2D eigenvalue weighted by Crippen LogP contribution is -2.11. The highest BCUT2D eigenvalue weighted by atomic mass is 16.1. The van der Waals surface area contributed by atoms with E-state index in [1.54, 1.807) is 27.7 Å². The van der Waals surface area contributed by atoms with Gasteiger partial charge in [-0.2, -0.15) is 5.10 Å². The summed E-state index contributed by atoms with van der Waals surface area (Å²) < 4.78 is 3.59. The van der Waals surface area contributed by atoms with E-state index in [0.717, 1.165) is 17.6 Å². The SMILES string of the molecule is CCn1nnc2cc(C(=O)Nc3cnn(Cc4ccccc4)c3)ccc21. The Morgan fingerprint density at radius 3 is 2.81 bits per heavy atom. The van der Waals surface area contributed by atoms with Gasteiger partial charge in [0.25, 0.3) is 5.91 Å². The lowest BCUT2D eigenvalue weighted by atomic mass is 10.2. The Bertz CT molecular complexity index is 1050. The van der Waals surface area contributed by atoms with Crippen molar-refractivity contribution in [2.45, 2.75) is 20.0 Å². The molecular formula is C19H18N6O. The quantitative estimate of drug-likeness (QED) is 0.603. The normalized spacial score (nSPS) is 11.0. The Hall–Kier alpha value is -3.48. The molecule has 0 spiro atoms. The smallest absolute Gasteiger partial charge is 0.255 e. The minimum absolute atomic E-state index is 0.197. The highest BCUT2D eigenvalue weighted by Crippen LogP contribution is 2.15. The molecule has 0 aliphatic rings. The molecular weight excluding hydrogens is 328 g/mol. The van der Waals surface area contributed by atoms with Gasteiger partial charge in [0.2, 0.25) is 0 Å². The average Bonchev–Trinajstić information content (AvgIpc) is 3.28. The summed E-state index contributed by atoms with van der Waals surface area (Å²) in [5, 5.41) is 15.3. The molecule has 2 aromatic carbocycles. The van der Waals surface area contributed by atoms with E-state index < -0.39 is 0 Å². The van der Waals surface area contributed by atoms with E-state index in [4.69, 9.17) is 0 Å². The molecule has 0 aliphatic heterocycles. The second-order valence-electron chi connectivity index (χ2n) is 5.98. The van der Waals surface area contributed by atoms with Crippen LogP contribution in [0.4, 0.5) is 5.69 Å². The van der Waals surface area contributed by atoms with Crippen molar-refractivity contribution >= 4 is 22.6 Å². The Kier molecular flexibility index (Phi) is 4.18. The van der Waals surface area contributed by atoms with Gasteiger partial charge in [-0.1, -0.05) is 35.5 Å². The van der Waals surface area contributed by atoms with Crippen molar-refractivity contribution < 1.29 is 4.79 Å². The molecule has 4 aromatic rings. The molecule has 130 valence electrons. The van der Waals surface area contributed by atoms with E-state index >= 15 is 0 Å². The van der Waals surface area contributed by atoms with E-state index in [9.17, 15) is 4.79 Å². The van der Waals surface area contributed by atoms with Crippen molar-refractivity contribution in [3.63, 3.8) is 0 Å². The maximum Gasteiger partial charge on any atom is 0.255 e. The number of carbonyl (C=O) groups is 1. The first-order chi connectivity index (χ1) is 12.7. The minimum Gasteiger partial charge on any atom is -0.319 e. The monoisotopic (exact) mass is 346 g/mol. The number of anilines is 1. The van der Waals surface area contributed by atoms with Gasteiger partial charge in [0.15, 0.2) is 0 Å². The first-order valence-electron chi connectivity index (χ1n) is 8.44. The molecule has 1 N–H and O–H groups in total. The maximum absolute atomic E-state index is 12.5. The van der Waals surface area contributed by atoms with Crippen LogP contribution < -0.4 is 5.32 Å². The molecule has 0 bridgehead atoms. The summed E-state index contributed by atoms with van der Waals surface area (Å²) in [4.78, 5) is 12.5. The van der Waals surface area contributed by atoms with Crippen LogP contribution in [0, 0.1) is 0 Å². The molecule has 0 aliphatic carbocycles. The second-order valence-corrected chi connectivity index (χ2v) is 5.98. The van der Waals surface area contributed by atoms with Gasteiger partial charge >= 0.3 is 0 Å². The molecule has 4 rings (SSSR count). The zero-order valence-electron chi connectivity index (χ0n) is 14.3. The van der Waals surface area contributed by atoms with Crippen LogP contribution >= 0.6 is 0 Å². The number of amides is 1. The van der Waals surface area contributed by atoms with Gasteiger partial charge in [0.05, 0.1) is 23.9 Å². The summed E-state index contributed by atoms with van der Waals surface area (Å²) in [6.07, 6.45) is 3.46. The molecule has 0 saturated heterocycles. The third-order valence-corrected chi connectivity index (χ3v) is 4.15. The molecule has 7 nitrogen and oxygen atoms in total. The number of carbonyl (C=O) groups excluding carboxylic acids is 1. The van der Waals surface area contributed by atoms with Crippen molar-refractivity contribution in [1.29, 1.82) is 0 Å². The number of aromatic nitrogens is 5. The zero-order chi connectivity index (χ0) is 17.9. The fourth-order valence-corrected chi connectivity index (χ4v) is 2.84. The Morgan fingerprint density at radius 1 is 1.15 bits per heavy atom. The van der Waals surface area contributed by atoms with Gasteiger partial charge in [-0.25, -0.2) is 4.68 Å². The predicted molar refractivity (Wildman–Crippen MR) is 98.9 cm³/mol. The van der Waals surface area contributed by atoms with E-state index in [1.807, 2.05) is 49.5 Å². The van der Waals surface area contributed by atoms with E-state index in [1.165, 1.54) is 0 Å². The van der Waals surface area contributed by atoms with Crippen LogP contribution in [0.25, 0.3) is 11.0 Å². The van der Waals surface area contributed by atoms with E-state index in [-0.39, 0.29) is 5.91 Å². The number of fused-ring (bicyclic) bond motifs is 1. The molecule has 26 heavy (non-hydrogen) atoms. The molecule has 0 fully saturated rings. The number of aryl methyl sites for hydroxylation is 1. The average molecular weight is 346 g/mol. The van der Waals surface area contributed by atoms with Gasteiger partial charge in [0, 0.05) is 18.3 Å². The molecule has 0 atom stereocenters. The Labute approximate surface area is 150 Å². The molecule has 0 radical (unpaired) electrons. The summed E-state index contributed by atoms with van der Waals surface area (Å²) in [5.41, 5.74) is 3.97. The van der Waals surface area contributed by atoms with E-state index in [2.05, 4.69) is 20.7 Å². The van der Waals surface area contributed by atoms with Gasteiger partial charge in [-0.3, -0.25) is 9.48 Å². The largest absolute Gasteiger partial charge is 0.319 e. The first-order valence-corrected chi connectivity index (χ1v) is 8.44. The number of nitrogens with one attached hydrogen (secondary N) is 1. The summed E-state index contributed by atoms with van der Waals surface area (Å²) in [7, 11) is 0. The van der Waals surface area contributed by atoms with Crippen LogP contribution in [0.5, 0.6) is 0 Å². The zero-order valence-corrected chi connectivity index (χ0v) is 14.3. The summed E-state index contributed by atoms with van der Waals surface area (Å²) in [6, 6.07) is 15.4. The molecule has 2 aromatic heterocycles. The predicted octanol–water partition coefficient (Wildman–Crippen LogP) is 2.95. The summed E-state index contributed by atoms with van der Waals surface area (Å²) in [5.74, 6) is -0.197. The Morgan fingerprint density at radius 2 is 2.00 bits per heavy atom. The second kappa shape index (κ2) is 6.79. The van der Waals surface area contributed by atoms with Crippen molar-refractivity contribution in [3.8, 4) is 0 Å². The number of hydrogen-bond donors (Lipinski definition) is 1. The standard InChI is InChI=1S/C19H18N6O/c1-2-25-18-9-8-15(10-17(18)22-23-25)19(26)21-16-11-20-24(13-16)12-14-6-4-3-5-7-14/h3-11,13H,2,12H2,1H3,(H,21,26). The minimum atomic E-state index is -0.197. The Balaban J connectivity index is 1.48. The van der Waals surface area contributed by atoms with Crippen LogP contribution in [-0.2, 0) is 13.1 Å². The molecule has 7 heteroatoms. The van der Waals surface area contributed by atoms with Gasteiger partial charge in [-0.15, -0.1) is 5.10 Å². The molecule has 2 heterocycles. The fraction of sp³-hybridized carbons (Fsp3) is 0.158. The van der Waals surface area contributed by atoms with Crippen LogP contribution in [0.2, 0.25) is 0 Å². The molecule has 0 unspecified atom stereocenters. The van der Waals surface area contributed by atoms with Gasteiger partial charge in [0.1, 0.15) is 5.52 Å². The summed E-state index contributed by atoms with van der Waals surface area (Å²) >= 11 is 0. The van der Waals surface area contributed by atoms with Crippen molar-refractivity contribution in [2.75, 3.05) is 5.32 Å². The highest BCUT2D eigenvalue weighted by molar-refractivity contribution is 6.05. The van der Waals surface area contributed by atoms with Crippen molar-refractivity contribution in [3.05, 3.63) is 72.1 Å². The number of nitrogens with zero attached hydrogens (tertiary/aromatic N) is 5.